The molecule has 8 heteroatoms. The van der Waals surface area contributed by atoms with Crippen LogP contribution in [-0.2, 0) is 16.0 Å². The number of thioether (sulfide) groups is 1. The second-order valence-electron chi connectivity index (χ2n) is 6.94. The maximum Gasteiger partial charge on any atom is 0.234 e. The third-order valence-electron chi connectivity index (χ3n) is 4.51. The molecule has 1 aromatic heterocycles. The van der Waals surface area contributed by atoms with E-state index in [1.807, 2.05) is 73.7 Å². The van der Waals surface area contributed by atoms with Crippen molar-refractivity contribution in [3.05, 3.63) is 77.9 Å². The molecule has 2 N–H and O–H groups in total. The number of aromatic nitrogens is 2. The van der Waals surface area contributed by atoms with Crippen molar-refractivity contribution in [3.8, 4) is 0 Å². The minimum atomic E-state index is -0.152. The van der Waals surface area contributed by atoms with Gasteiger partial charge in [0.15, 0.2) is 4.34 Å². The molecule has 156 valence electrons. The highest BCUT2D eigenvalue weighted by Crippen LogP contribution is 2.26. The van der Waals surface area contributed by atoms with Crippen LogP contribution in [0.2, 0.25) is 0 Å². The molecule has 0 aliphatic carbocycles. The summed E-state index contributed by atoms with van der Waals surface area (Å²) in [6, 6.07) is 21.6. The minimum absolute atomic E-state index is 0.118. The number of carbonyl (C=O) groups excluding carboxylic acids is 2. The van der Waals surface area contributed by atoms with Crippen LogP contribution in [-0.4, -0.2) is 27.8 Å². The van der Waals surface area contributed by atoms with E-state index in [1.54, 1.807) is 0 Å². The van der Waals surface area contributed by atoms with Crippen LogP contribution in [0, 0.1) is 6.92 Å². The number of aryl methyl sites for hydroxylation is 1. The summed E-state index contributed by atoms with van der Waals surface area (Å²) >= 11 is 2.54. The van der Waals surface area contributed by atoms with E-state index in [9.17, 15) is 9.59 Å². The van der Waals surface area contributed by atoms with Gasteiger partial charge in [0.25, 0.3) is 0 Å². The predicted octanol–water partition coefficient (Wildman–Crippen LogP) is 4.91. The highest BCUT2D eigenvalue weighted by molar-refractivity contribution is 8.01. The highest BCUT2D eigenvalue weighted by Gasteiger charge is 2.12. The van der Waals surface area contributed by atoms with E-state index in [-0.39, 0.29) is 24.0 Å². The van der Waals surface area contributed by atoms with Crippen molar-refractivity contribution in [1.29, 1.82) is 0 Å². The highest BCUT2D eigenvalue weighted by atomic mass is 32.2. The molecule has 31 heavy (non-hydrogen) atoms. The van der Waals surface area contributed by atoms with Crippen molar-refractivity contribution >= 4 is 56.5 Å². The predicted molar refractivity (Wildman–Crippen MR) is 127 cm³/mol. The fourth-order valence-electron chi connectivity index (χ4n) is 3.15. The van der Waals surface area contributed by atoms with Crippen molar-refractivity contribution in [2.75, 3.05) is 16.4 Å². The van der Waals surface area contributed by atoms with Gasteiger partial charge in [0.1, 0.15) is 0 Å². The Morgan fingerprint density at radius 2 is 1.74 bits per heavy atom. The van der Waals surface area contributed by atoms with Gasteiger partial charge < -0.3 is 10.6 Å². The summed E-state index contributed by atoms with van der Waals surface area (Å²) in [7, 11) is 0. The standard InChI is InChI=1S/C23H20N4O2S2/c1-15-6-4-10-18(12-15)24-21(29)14-30-23-27-26-22(31-23)25-20(28)13-17-9-5-8-16-7-2-3-11-19(16)17/h2-12H,13-14H2,1H3,(H,24,29)(H,25,26,28). The monoisotopic (exact) mass is 448 g/mol. The molecule has 0 atom stereocenters. The molecular formula is C23H20N4O2S2. The average molecular weight is 449 g/mol. The van der Waals surface area contributed by atoms with Crippen LogP contribution in [0.25, 0.3) is 10.8 Å². The first-order valence-electron chi connectivity index (χ1n) is 9.66. The minimum Gasteiger partial charge on any atom is -0.325 e. The Morgan fingerprint density at radius 3 is 2.61 bits per heavy atom. The third-order valence-corrected chi connectivity index (χ3v) is 6.48. The Bertz CT molecular complexity index is 1230. The zero-order chi connectivity index (χ0) is 21.6. The van der Waals surface area contributed by atoms with Crippen molar-refractivity contribution < 1.29 is 9.59 Å². The Labute approximate surface area is 188 Å². The molecule has 0 aliphatic heterocycles. The van der Waals surface area contributed by atoms with Crippen LogP contribution in [0.4, 0.5) is 10.8 Å². The van der Waals surface area contributed by atoms with E-state index in [0.29, 0.717) is 9.47 Å². The summed E-state index contributed by atoms with van der Waals surface area (Å²) in [4.78, 5) is 24.6. The van der Waals surface area contributed by atoms with Gasteiger partial charge in [-0.1, -0.05) is 77.7 Å². The summed E-state index contributed by atoms with van der Waals surface area (Å²) in [6.07, 6.45) is 0.252. The zero-order valence-electron chi connectivity index (χ0n) is 16.8. The van der Waals surface area contributed by atoms with Gasteiger partial charge in [-0.2, -0.15) is 0 Å². The summed E-state index contributed by atoms with van der Waals surface area (Å²) in [5.74, 6) is -0.0550. The first-order chi connectivity index (χ1) is 15.1. The van der Waals surface area contributed by atoms with Gasteiger partial charge in [0, 0.05) is 5.69 Å². The third kappa shape index (κ3) is 5.68. The van der Waals surface area contributed by atoms with Gasteiger partial charge in [-0.3, -0.25) is 9.59 Å². The molecular weight excluding hydrogens is 428 g/mol. The normalized spacial score (nSPS) is 10.7. The number of benzene rings is 3. The number of fused-ring (bicyclic) bond motifs is 1. The average Bonchev–Trinajstić information content (AvgIpc) is 3.20. The number of nitrogens with one attached hydrogen (secondary N) is 2. The van der Waals surface area contributed by atoms with Gasteiger partial charge in [0.05, 0.1) is 12.2 Å². The van der Waals surface area contributed by atoms with Crippen LogP contribution in [0.1, 0.15) is 11.1 Å². The Kier molecular flexibility index (Phi) is 6.59. The summed E-state index contributed by atoms with van der Waals surface area (Å²) in [6.45, 7) is 1.97. The lowest BCUT2D eigenvalue weighted by atomic mass is 10.0. The van der Waals surface area contributed by atoms with Crippen molar-refractivity contribution in [1.82, 2.24) is 10.2 Å². The van der Waals surface area contributed by atoms with Gasteiger partial charge in [0.2, 0.25) is 16.9 Å². The molecule has 1 heterocycles. The number of anilines is 2. The number of amides is 2. The van der Waals surface area contributed by atoms with E-state index in [1.165, 1.54) is 23.1 Å². The van der Waals surface area contributed by atoms with E-state index >= 15 is 0 Å². The van der Waals surface area contributed by atoms with Gasteiger partial charge in [-0.25, -0.2) is 0 Å². The molecule has 0 fully saturated rings. The number of hydrogen-bond acceptors (Lipinski definition) is 6. The molecule has 6 nitrogen and oxygen atoms in total. The van der Waals surface area contributed by atoms with Crippen LogP contribution in [0.5, 0.6) is 0 Å². The Balaban J connectivity index is 1.30. The topological polar surface area (TPSA) is 84.0 Å². The van der Waals surface area contributed by atoms with Gasteiger partial charge >= 0.3 is 0 Å². The van der Waals surface area contributed by atoms with Crippen LogP contribution < -0.4 is 10.6 Å². The number of rotatable bonds is 7. The number of hydrogen-bond donors (Lipinski definition) is 2. The lowest BCUT2D eigenvalue weighted by Crippen LogP contribution is -2.14. The largest absolute Gasteiger partial charge is 0.325 e. The molecule has 0 bridgehead atoms. The van der Waals surface area contributed by atoms with Gasteiger partial charge in [-0.05, 0) is 41.0 Å². The zero-order valence-corrected chi connectivity index (χ0v) is 18.4. The maximum atomic E-state index is 12.5. The molecule has 0 aliphatic rings. The number of carbonyl (C=O) groups is 2. The smallest absolute Gasteiger partial charge is 0.234 e. The van der Waals surface area contributed by atoms with Crippen LogP contribution in [0.3, 0.4) is 0 Å². The van der Waals surface area contributed by atoms with Crippen LogP contribution >= 0.6 is 23.1 Å². The first kappa shape index (κ1) is 21.0. The van der Waals surface area contributed by atoms with E-state index in [0.717, 1.165) is 27.6 Å². The molecule has 0 spiro atoms. The quantitative estimate of drug-likeness (QED) is 0.310. The van der Waals surface area contributed by atoms with Crippen molar-refractivity contribution in [2.24, 2.45) is 0 Å². The molecule has 0 saturated heterocycles. The van der Waals surface area contributed by atoms with E-state index in [4.69, 9.17) is 0 Å². The number of nitrogens with zero attached hydrogens (tertiary/aromatic N) is 2. The second kappa shape index (κ2) is 9.72. The molecule has 0 saturated carbocycles. The fourth-order valence-corrected chi connectivity index (χ4v) is 4.72. The fraction of sp³-hybridized carbons (Fsp3) is 0.130. The molecule has 0 radical (unpaired) electrons. The summed E-state index contributed by atoms with van der Waals surface area (Å²) in [5, 5.41) is 16.3. The summed E-state index contributed by atoms with van der Waals surface area (Å²) in [5.41, 5.74) is 2.81. The Hall–Kier alpha value is -3.23. The summed E-state index contributed by atoms with van der Waals surface area (Å²) < 4.78 is 0.625. The van der Waals surface area contributed by atoms with Gasteiger partial charge in [-0.15, -0.1) is 10.2 Å². The molecule has 4 rings (SSSR count). The van der Waals surface area contributed by atoms with E-state index in [2.05, 4.69) is 20.8 Å². The van der Waals surface area contributed by atoms with Crippen molar-refractivity contribution in [2.45, 2.75) is 17.7 Å². The molecule has 0 unspecified atom stereocenters. The van der Waals surface area contributed by atoms with E-state index < -0.39 is 0 Å². The molecule has 4 aromatic rings. The van der Waals surface area contributed by atoms with Crippen molar-refractivity contribution in [3.63, 3.8) is 0 Å². The first-order valence-corrected chi connectivity index (χ1v) is 11.5. The van der Waals surface area contributed by atoms with Crippen LogP contribution in [0.15, 0.2) is 71.1 Å². The lowest BCUT2D eigenvalue weighted by molar-refractivity contribution is -0.115. The maximum absolute atomic E-state index is 12.5. The molecule has 3 aromatic carbocycles. The molecule has 2 amide bonds. The lowest BCUT2D eigenvalue weighted by Gasteiger charge is -2.06. The SMILES string of the molecule is Cc1cccc(NC(=O)CSc2nnc(NC(=O)Cc3cccc4ccccc34)s2)c1. The Morgan fingerprint density at radius 1 is 0.935 bits per heavy atom. The second-order valence-corrected chi connectivity index (χ2v) is 9.14.